The lowest BCUT2D eigenvalue weighted by atomic mass is 9.78. The third-order valence-corrected chi connectivity index (χ3v) is 8.81. The number of carboxylic acid groups (broad SMARTS) is 1. The number of carboxylic acids is 1. The molecule has 3 fully saturated rings. The van der Waals surface area contributed by atoms with Crippen LogP contribution >= 0.6 is 11.8 Å². The quantitative estimate of drug-likeness (QED) is 0.294. The average Bonchev–Trinajstić information content (AvgIpc) is 3.40. The SMILES string of the molecule is C[C@@H](NC(=O)C(F)F)[C@H]1C(=O)N2C(C(=O)O)=C(SC3CN[C@H](C(=O)N4CCO[C@H](CN)C4)C3)[C@H](C)[C@@H]12. The maximum absolute atomic E-state index is 13.0. The Labute approximate surface area is 211 Å². The molecule has 5 N–H and O–H groups in total. The first-order valence-electron chi connectivity index (χ1n) is 11.9. The zero-order valence-electron chi connectivity index (χ0n) is 20.0. The van der Waals surface area contributed by atoms with Crippen LogP contribution in [0.1, 0.15) is 20.3 Å². The van der Waals surface area contributed by atoms with Crippen molar-refractivity contribution in [3.63, 3.8) is 0 Å². The summed E-state index contributed by atoms with van der Waals surface area (Å²) in [6.07, 6.45) is -2.91. The summed E-state index contributed by atoms with van der Waals surface area (Å²) in [5.74, 6) is -4.44. The van der Waals surface area contributed by atoms with E-state index in [0.29, 0.717) is 44.1 Å². The summed E-state index contributed by atoms with van der Waals surface area (Å²) >= 11 is 1.33. The second-order valence-electron chi connectivity index (χ2n) is 9.58. The van der Waals surface area contributed by atoms with Gasteiger partial charge in [-0.1, -0.05) is 6.92 Å². The topological polar surface area (TPSA) is 154 Å². The fourth-order valence-corrected chi connectivity index (χ4v) is 7.00. The molecule has 0 aromatic rings. The van der Waals surface area contributed by atoms with E-state index >= 15 is 0 Å². The molecule has 36 heavy (non-hydrogen) atoms. The van der Waals surface area contributed by atoms with Crippen LogP contribution in [0.5, 0.6) is 0 Å². The molecule has 0 saturated carbocycles. The minimum atomic E-state index is -3.21. The number of hydrogen-bond acceptors (Lipinski definition) is 8. The van der Waals surface area contributed by atoms with Gasteiger partial charge in [0.15, 0.2) is 0 Å². The van der Waals surface area contributed by atoms with Crippen molar-refractivity contribution >= 4 is 35.5 Å². The molecule has 4 heterocycles. The molecule has 7 atom stereocenters. The zero-order valence-corrected chi connectivity index (χ0v) is 20.8. The summed E-state index contributed by atoms with van der Waals surface area (Å²) in [5, 5.41) is 15.2. The Kier molecular flexibility index (Phi) is 7.88. The fourth-order valence-electron chi connectivity index (χ4n) is 5.52. The van der Waals surface area contributed by atoms with E-state index in [2.05, 4.69) is 10.6 Å². The van der Waals surface area contributed by atoms with E-state index < -0.39 is 48.3 Å². The number of β-lactam (4-membered cyclic amide) rings is 1. The second kappa shape index (κ2) is 10.6. The number of nitrogens with two attached hydrogens (primary N) is 1. The first kappa shape index (κ1) is 26.8. The Bertz CT molecular complexity index is 967. The molecule has 4 aliphatic heterocycles. The van der Waals surface area contributed by atoms with Crippen molar-refractivity contribution in [1.29, 1.82) is 0 Å². The lowest BCUT2D eigenvalue weighted by Crippen LogP contribution is -2.66. The lowest BCUT2D eigenvalue weighted by Gasteiger charge is -2.47. The van der Waals surface area contributed by atoms with Crippen molar-refractivity contribution in [2.45, 2.75) is 56.2 Å². The van der Waals surface area contributed by atoms with Crippen LogP contribution in [-0.2, 0) is 23.9 Å². The highest BCUT2D eigenvalue weighted by molar-refractivity contribution is 8.03. The monoisotopic (exact) mass is 531 g/mol. The predicted octanol–water partition coefficient (Wildman–Crippen LogP) is -0.821. The standard InChI is InChI=1S/C22H31F2N5O6S/c1-9-15-14(10(2)27-19(30)18(23)24)21(32)29(15)16(22(33)34)17(9)36-12-5-13(26-7-12)20(31)28-3-4-35-11(6-25)8-28/h9-15,18,26H,3-8,25H2,1-2H3,(H,27,30)(H,33,34)/t9-,10-,11-,12?,13+,14-,15+/m1/s1. The summed E-state index contributed by atoms with van der Waals surface area (Å²) < 4.78 is 30.9. The van der Waals surface area contributed by atoms with Crippen molar-refractivity contribution in [1.82, 2.24) is 20.4 Å². The number of halogens is 2. The molecule has 3 saturated heterocycles. The van der Waals surface area contributed by atoms with Gasteiger partial charge in [-0.05, 0) is 13.3 Å². The van der Waals surface area contributed by atoms with E-state index in [1.807, 2.05) is 0 Å². The number of ether oxygens (including phenoxy) is 1. The average molecular weight is 532 g/mol. The van der Waals surface area contributed by atoms with Crippen molar-refractivity contribution in [2.24, 2.45) is 17.6 Å². The van der Waals surface area contributed by atoms with Gasteiger partial charge in [0.1, 0.15) is 5.70 Å². The molecule has 4 rings (SSSR count). The highest BCUT2D eigenvalue weighted by Gasteiger charge is 2.60. The maximum atomic E-state index is 13.0. The number of rotatable bonds is 8. The zero-order chi connectivity index (χ0) is 26.3. The van der Waals surface area contributed by atoms with Gasteiger partial charge in [0.05, 0.1) is 30.7 Å². The van der Waals surface area contributed by atoms with E-state index in [1.54, 1.807) is 11.8 Å². The van der Waals surface area contributed by atoms with Gasteiger partial charge in [0, 0.05) is 48.3 Å². The summed E-state index contributed by atoms with van der Waals surface area (Å²) in [4.78, 5) is 52.9. The number of amides is 3. The number of hydrogen-bond donors (Lipinski definition) is 4. The van der Waals surface area contributed by atoms with Gasteiger partial charge in [-0.25, -0.2) is 4.79 Å². The van der Waals surface area contributed by atoms with E-state index in [-0.39, 0.29) is 28.9 Å². The van der Waals surface area contributed by atoms with Crippen LogP contribution < -0.4 is 16.4 Å². The molecule has 200 valence electrons. The summed E-state index contributed by atoms with van der Waals surface area (Å²) in [6.45, 7) is 5.41. The smallest absolute Gasteiger partial charge is 0.353 e. The number of morpholine rings is 1. The molecule has 1 unspecified atom stereocenters. The van der Waals surface area contributed by atoms with Gasteiger partial charge < -0.3 is 36.0 Å². The number of aliphatic carboxylic acids is 1. The molecule has 3 amide bonds. The molecule has 0 aliphatic carbocycles. The Balaban J connectivity index is 1.42. The number of nitrogens with zero attached hydrogens (tertiary/aromatic N) is 2. The Morgan fingerprint density at radius 2 is 2.08 bits per heavy atom. The van der Waals surface area contributed by atoms with Gasteiger partial charge in [0.2, 0.25) is 11.8 Å². The van der Waals surface area contributed by atoms with E-state index in [0.717, 1.165) is 0 Å². The van der Waals surface area contributed by atoms with Gasteiger partial charge in [-0.2, -0.15) is 8.78 Å². The molecule has 0 aromatic heterocycles. The summed E-state index contributed by atoms with van der Waals surface area (Å²) in [6, 6.07) is -1.84. The predicted molar refractivity (Wildman–Crippen MR) is 125 cm³/mol. The van der Waals surface area contributed by atoms with Crippen LogP contribution in [-0.4, -0.2) is 107 Å². The number of carbonyl (C=O) groups is 4. The van der Waals surface area contributed by atoms with Crippen LogP contribution in [0.2, 0.25) is 0 Å². The number of thioether (sulfide) groups is 1. The normalized spacial score (nSPS) is 33.0. The molecule has 0 radical (unpaired) electrons. The highest BCUT2D eigenvalue weighted by Crippen LogP contribution is 2.51. The minimum absolute atomic E-state index is 0.0468. The number of fused-ring (bicyclic) bond motifs is 1. The molecular weight excluding hydrogens is 500 g/mol. The molecule has 4 aliphatic rings. The van der Waals surface area contributed by atoms with Crippen molar-refractivity contribution in [3.05, 3.63) is 10.6 Å². The summed E-state index contributed by atoms with van der Waals surface area (Å²) in [5.41, 5.74) is 5.56. The Morgan fingerprint density at radius 3 is 2.72 bits per heavy atom. The summed E-state index contributed by atoms with van der Waals surface area (Å²) in [7, 11) is 0. The first-order chi connectivity index (χ1) is 17.0. The van der Waals surface area contributed by atoms with Crippen LogP contribution in [0.25, 0.3) is 0 Å². The third-order valence-electron chi connectivity index (χ3n) is 7.29. The van der Waals surface area contributed by atoms with Gasteiger partial charge >= 0.3 is 12.4 Å². The van der Waals surface area contributed by atoms with E-state index in [4.69, 9.17) is 10.5 Å². The van der Waals surface area contributed by atoms with Crippen LogP contribution in [0.15, 0.2) is 10.6 Å². The van der Waals surface area contributed by atoms with Crippen molar-refractivity contribution in [3.8, 4) is 0 Å². The molecule has 0 bridgehead atoms. The molecule has 0 aromatic carbocycles. The fraction of sp³-hybridized carbons (Fsp3) is 0.727. The maximum Gasteiger partial charge on any atom is 0.353 e. The lowest BCUT2D eigenvalue weighted by molar-refractivity contribution is -0.159. The Morgan fingerprint density at radius 1 is 1.36 bits per heavy atom. The number of alkyl halides is 2. The molecule has 14 heteroatoms. The van der Waals surface area contributed by atoms with Crippen molar-refractivity contribution < 1.29 is 37.8 Å². The third kappa shape index (κ3) is 4.83. The van der Waals surface area contributed by atoms with Crippen molar-refractivity contribution in [2.75, 3.05) is 32.8 Å². The van der Waals surface area contributed by atoms with Crippen LogP contribution in [0.3, 0.4) is 0 Å². The largest absolute Gasteiger partial charge is 0.477 e. The van der Waals surface area contributed by atoms with E-state index in [9.17, 15) is 33.1 Å². The second-order valence-corrected chi connectivity index (χ2v) is 10.9. The van der Waals surface area contributed by atoms with Gasteiger partial charge in [-0.3, -0.25) is 14.4 Å². The molecular formula is C22H31F2N5O6S. The Hall–Kier alpha value is -2.29. The number of carbonyl (C=O) groups excluding carboxylic acids is 3. The van der Waals surface area contributed by atoms with Gasteiger partial charge in [0.25, 0.3) is 5.91 Å². The first-order valence-corrected chi connectivity index (χ1v) is 12.8. The van der Waals surface area contributed by atoms with Crippen LogP contribution in [0, 0.1) is 11.8 Å². The molecule has 11 nitrogen and oxygen atoms in total. The van der Waals surface area contributed by atoms with E-state index in [1.165, 1.54) is 23.6 Å². The highest BCUT2D eigenvalue weighted by atomic mass is 32.2. The van der Waals surface area contributed by atoms with Crippen LogP contribution in [0.4, 0.5) is 8.78 Å². The molecule has 0 spiro atoms. The number of nitrogens with one attached hydrogen (secondary N) is 2. The van der Waals surface area contributed by atoms with Gasteiger partial charge in [-0.15, -0.1) is 11.8 Å². The minimum Gasteiger partial charge on any atom is -0.477 e.